The van der Waals surface area contributed by atoms with Crippen LogP contribution in [0.25, 0.3) is 0 Å². The van der Waals surface area contributed by atoms with E-state index in [-0.39, 0.29) is 5.41 Å². The lowest BCUT2D eigenvalue weighted by molar-refractivity contribution is 0.0704. The van der Waals surface area contributed by atoms with E-state index in [4.69, 9.17) is 5.73 Å². The van der Waals surface area contributed by atoms with E-state index < -0.39 is 0 Å². The van der Waals surface area contributed by atoms with Crippen LogP contribution in [0.3, 0.4) is 0 Å². The highest BCUT2D eigenvalue weighted by Crippen LogP contribution is 2.53. The van der Waals surface area contributed by atoms with Gasteiger partial charge in [0.15, 0.2) is 0 Å². The smallest absolute Gasteiger partial charge is 0.0302 e. The first-order valence-corrected chi connectivity index (χ1v) is 5.34. The first kappa shape index (κ1) is 9.66. The van der Waals surface area contributed by atoms with E-state index in [2.05, 4.69) is 24.9 Å². The number of pyridine rings is 1. The topological polar surface area (TPSA) is 38.9 Å². The molecule has 1 heterocycles. The number of hydrogen-bond donors (Lipinski definition) is 1. The van der Waals surface area contributed by atoms with Crippen molar-refractivity contribution >= 4 is 0 Å². The molecule has 1 aliphatic carbocycles. The molecule has 0 aliphatic heterocycles. The zero-order valence-electron chi connectivity index (χ0n) is 8.90. The molecule has 14 heavy (non-hydrogen) atoms. The van der Waals surface area contributed by atoms with Gasteiger partial charge in [0.1, 0.15) is 0 Å². The number of hydrogen-bond acceptors (Lipinski definition) is 2. The molecule has 1 aliphatic rings. The first-order chi connectivity index (χ1) is 6.68. The zero-order valence-corrected chi connectivity index (χ0v) is 8.90. The third-order valence-electron chi connectivity index (χ3n) is 3.98. The van der Waals surface area contributed by atoms with Crippen LogP contribution in [0.15, 0.2) is 24.5 Å². The molecule has 2 N–H and O–H groups in total. The van der Waals surface area contributed by atoms with Gasteiger partial charge >= 0.3 is 0 Å². The van der Waals surface area contributed by atoms with Gasteiger partial charge < -0.3 is 5.73 Å². The number of aromatic nitrogens is 1. The fourth-order valence-electron chi connectivity index (χ4n) is 2.50. The zero-order chi connectivity index (χ0) is 10.2. The molecule has 3 atom stereocenters. The van der Waals surface area contributed by atoms with Gasteiger partial charge in [-0.05, 0) is 35.8 Å². The van der Waals surface area contributed by atoms with E-state index in [1.165, 1.54) is 5.56 Å². The summed E-state index contributed by atoms with van der Waals surface area (Å²) in [6.07, 6.45) is 6.06. The summed E-state index contributed by atoms with van der Waals surface area (Å²) in [4.78, 5) is 4.17. The van der Waals surface area contributed by atoms with Crippen LogP contribution in [0.5, 0.6) is 0 Å². The van der Waals surface area contributed by atoms with Crippen molar-refractivity contribution < 1.29 is 0 Å². The van der Waals surface area contributed by atoms with Crippen molar-refractivity contribution in [1.82, 2.24) is 4.98 Å². The maximum absolute atomic E-state index is 6.07. The fourth-order valence-corrected chi connectivity index (χ4v) is 2.50. The maximum Gasteiger partial charge on any atom is 0.0302 e. The van der Waals surface area contributed by atoms with Crippen molar-refractivity contribution in [3.63, 3.8) is 0 Å². The molecule has 0 amide bonds. The predicted octanol–water partition coefficient (Wildman–Crippen LogP) is 2.31. The largest absolute Gasteiger partial charge is 0.327 e. The molecule has 3 unspecified atom stereocenters. The van der Waals surface area contributed by atoms with E-state index in [0.29, 0.717) is 12.0 Å². The van der Waals surface area contributed by atoms with Gasteiger partial charge in [-0.3, -0.25) is 4.98 Å². The first-order valence-electron chi connectivity index (χ1n) is 5.34. The lowest BCUT2D eigenvalue weighted by Gasteiger charge is -2.52. The molecule has 0 bridgehead atoms. The molecule has 2 nitrogen and oxygen atoms in total. The molecule has 2 rings (SSSR count). The van der Waals surface area contributed by atoms with Crippen LogP contribution in [-0.4, -0.2) is 11.0 Å². The summed E-state index contributed by atoms with van der Waals surface area (Å²) in [5, 5.41) is 0. The van der Waals surface area contributed by atoms with E-state index in [9.17, 15) is 0 Å². The Morgan fingerprint density at radius 2 is 2.43 bits per heavy atom. The van der Waals surface area contributed by atoms with Gasteiger partial charge in [-0.25, -0.2) is 0 Å². The Bertz CT molecular complexity index is 309. The average molecular weight is 190 g/mol. The molecule has 1 saturated carbocycles. The third-order valence-corrected chi connectivity index (χ3v) is 3.98. The van der Waals surface area contributed by atoms with Crippen molar-refractivity contribution in [2.24, 2.45) is 11.1 Å². The second-order valence-corrected chi connectivity index (χ2v) is 4.54. The second-order valence-electron chi connectivity index (χ2n) is 4.54. The molecule has 0 radical (unpaired) electrons. The standard InChI is InChI=1S/C12H18N2/c1-3-12(2)10(7-11(12)13)9-5-4-6-14-8-9/h4-6,8,10-11H,3,7,13H2,1-2H3. The Kier molecular flexibility index (Phi) is 2.31. The highest BCUT2D eigenvalue weighted by atomic mass is 14.8. The summed E-state index contributed by atoms with van der Waals surface area (Å²) >= 11 is 0. The number of rotatable bonds is 2. The lowest BCUT2D eigenvalue weighted by atomic mass is 9.54. The van der Waals surface area contributed by atoms with Crippen molar-refractivity contribution in [3.05, 3.63) is 30.1 Å². The van der Waals surface area contributed by atoms with Gasteiger partial charge in [0.2, 0.25) is 0 Å². The molecule has 1 fully saturated rings. The highest BCUT2D eigenvalue weighted by molar-refractivity contribution is 5.24. The monoisotopic (exact) mass is 190 g/mol. The molecule has 2 heteroatoms. The van der Waals surface area contributed by atoms with Crippen molar-refractivity contribution in [1.29, 1.82) is 0 Å². The Morgan fingerprint density at radius 3 is 2.93 bits per heavy atom. The summed E-state index contributed by atoms with van der Waals surface area (Å²) in [5.41, 5.74) is 7.70. The molecular formula is C12H18N2. The predicted molar refractivity (Wildman–Crippen MR) is 58.0 cm³/mol. The molecular weight excluding hydrogens is 172 g/mol. The van der Waals surface area contributed by atoms with Crippen LogP contribution in [-0.2, 0) is 0 Å². The third kappa shape index (κ3) is 1.25. The molecule has 0 saturated heterocycles. The van der Waals surface area contributed by atoms with Gasteiger partial charge in [0.05, 0.1) is 0 Å². The van der Waals surface area contributed by atoms with Gasteiger partial charge in [0, 0.05) is 18.4 Å². The van der Waals surface area contributed by atoms with Crippen molar-refractivity contribution in [2.75, 3.05) is 0 Å². The van der Waals surface area contributed by atoms with Gasteiger partial charge in [0.25, 0.3) is 0 Å². The van der Waals surface area contributed by atoms with E-state index in [1.807, 2.05) is 18.5 Å². The Labute approximate surface area is 85.5 Å². The van der Waals surface area contributed by atoms with Crippen LogP contribution in [0.2, 0.25) is 0 Å². The SMILES string of the molecule is CCC1(C)C(N)CC1c1cccnc1. The summed E-state index contributed by atoms with van der Waals surface area (Å²) in [7, 11) is 0. The normalized spacial score (nSPS) is 36.5. The molecule has 1 aromatic heterocycles. The minimum absolute atomic E-state index is 0.281. The second kappa shape index (κ2) is 3.35. The van der Waals surface area contributed by atoms with E-state index in [1.54, 1.807) is 0 Å². The molecule has 76 valence electrons. The summed E-state index contributed by atoms with van der Waals surface area (Å²) in [5.74, 6) is 0.608. The van der Waals surface area contributed by atoms with E-state index in [0.717, 1.165) is 12.8 Å². The number of nitrogens with zero attached hydrogens (tertiary/aromatic N) is 1. The van der Waals surface area contributed by atoms with Gasteiger partial charge in [-0.15, -0.1) is 0 Å². The molecule has 0 spiro atoms. The molecule has 1 aromatic rings. The Hall–Kier alpha value is -0.890. The average Bonchev–Trinajstić information content (AvgIpc) is 2.25. The molecule has 0 aromatic carbocycles. The van der Waals surface area contributed by atoms with Gasteiger partial charge in [-0.1, -0.05) is 19.9 Å². The summed E-state index contributed by atoms with van der Waals surface area (Å²) in [6, 6.07) is 4.53. The van der Waals surface area contributed by atoms with Crippen LogP contribution in [0.4, 0.5) is 0 Å². The Balaban J connectivity index is 2.23. The lowest BCUT2D eigenvalue weighted by Crippen LogP contribution is -2.54. The van der Waals surface area contributed by atoms with Crippen molar-refractivity contribution in [3.8, 4) is 0 Å². The maximum atomic E-state index is 6.07. The summed E-state index contributed by atoms with van der Waals surface area (Å²) < 4.78 is 0. The van der Waals surface area contributed by atoms with Gasteiger partial charge in [-0.2, -0.15) is 0 Å². The highest BCUT2D eigenvalue weighted by Gasteiger charge is 2.48. The van der Waals surface area contributed by atoms with Crippen LogP contribution < -0.4 is 5.73 Å². The van der Waals surface area contributed by atoms with Crippen LogP contribution in [0, 0.1) is 5.41 Å². The summed E-state index contributed by atoms with van der Waals surface area (Å²) in [6.45, 7) is 4.52. The van der Waals surface area contributed by atoms with Crippen molar-refractivity contribution in [2.45, 2.75) is 38.6 Å². The van der Waals surface area contributed by atoms with Crippen LogP contribution >= 0.6 is 0 Å². The Morgan fingerprint density at radius 1 is 1.64 bits per heavy atom. The van der Waals surface area contributed by atoms with E-state index >= 15 is 0 Å². The van der Waals surface area contributed by atoms with Crippen LogP contribution in [0.1, 0.15) is 38.2 Å². The minimum Gasteiger partial charge on any atom is -0.327 e. The minimum atomic E-state index is 0.281. The quantitative estimate of drug-likeness (QED) is 0.777. The fraction of sp³-hybridized carbons (Fsp3) is 0.583. The number of nitrogens with two attached hydrogens (primary N) is 1.